The third kappa shape index (κ3) is 7.83. The number of hydrogen-bond donors (Lipinski definition) is 1. The van der Waals surface area contributed by atoms with Crippen molar-refractivity contribution in [3.05, 3.63) is 86.8 Å². The van der Waals surface area contributed by atoms with E-state index in [1.165, 1.54) is 12.4 Å². The van der Waals surface area contributed by atoms with Gasteiger partial charge in [0.15, 0.2) is 0 Å². The van der Waals surface area contributed by atoms with Crippen LogP contribution in [0, 0.1) is 17.2 Å². The van der Waals surface area contributed by atoms with Gasteiger partial charge in [-0.15, -0.1) is 0 Å². The molecule has 0 saturated carbocycles. The summed E-state index contributed by atoms with van der Waals surface area (Å²) in [5.41, 5.74) is 1.98. The van der Waals surface area contributed by atoms with Crippen molar-refractivity contribution in [2.24, 2.45) is 5.92 Å². The number of ether oxygens (including phenoxy) is 1. The molecule has 0 aromatic carbocycles. The molecule has 1 amide bonds. The number of nitrogens with one attached hydrogen (secondary N) is 1. The number of likely N-dealkylation sites (tertiary alicyclic amines) is 1. The molecule has 204 valence electrons. The molecule has 1 saturated heterocycles. The predicted octanol–water partition coefficient (Wildman–Crippen LogP) is 6.44. The number of hydrogen-bond acceptors (Lipinski definition) is 6. The fraction of sp³-hybridized carbons (Fsp3) is 0.379. The normalized spacial score (nSPS) is 17.8. The smallest absolute Gasteiger partial charge is 0.254 e. The molecule has 7 nitrogen and oxygen atoms in total. The fourth-order valence-corrected chi connectivity index (χ4v) is 5.64. The number of carbonyl (C=O) groups is 1. The first-order chi connectivity index (χ1) is 18.9. The van der Waals surface area contributed by atoms with Crippen LogP contribution in [0.25, 0.3) is 0 Å². The van der Waals surface area contributed by atoms with E-state index in [1.54, 1.807) is 6.07 Å². The van der Waals surface area contributed by atoms with Crippen LogP contribution < -0.4 is 10.1 Å². The highest BCUT2D eigenvalue weighted by atomic mass is 35.5. The van der Waals surface area contributed by atoms with Crippen molar-refractivity contribution in [3.63, 3.8) is 0 Å². The van der Waals surface area contributed by atoms with E-state index in [0.717, 1.165) is 37.9 Å². The Kier molecular flexibility index (Phi) is 10.4. The summed E-state index contributed by atoms with van der Waals surface area (Å²) in [5, 5.41) is 13.1. The number of halogens is 3. The number of allylic oxidation sites excluding steroid dienone is 5. The Labute approximate surface area is 244 Å². The lowest BCUT2D eigenvalue weighted by atomic mass is 9.85. The standard InChI is InChI=1S/C29H30Cl3N5O2/c1-19(10-13-35-29(38)27-23(30)17-34-18-24(27)31)37-14-11-22(12-15-37)28(39-26-7-3-6-25(32)36-26)21-5-2-4-20(16-33)8-9-21/h2-4,6-9,17-19,22,28H,5,10-15H2,1H3,(H,35,38). The number of nitrogens with zero attached hydrogens (tertiary/aromatic N) is 4. The molecular weight excluding hydrogens is 557 g/mol. The summed E-state index contributed by atoms with van der Waals surface area (Å²) in [7, 11) is 0. The highest BCUT2D eigenvalue weighted by Crippen LogP contribution is 2.32. The first kappa shape index (κ1) is 29.1. The number of amides is 1. The maximum absolute atomic E-state index is 12.6. The van der Waals surface area contributed by atoms with Gasteiger partial charge in [-0.25, -0.2) is 4.98 Å². The SMILES string of the molecule is CC(CCNC(=O)c1c(Cl)cncc1Cl)N1CCC(C(Oc2cccc(Cl)n2)C2=CC=C(C#N)C=CC2)CC1. The number of aromatic nitrogens is 2. The van der Waals surface area contributed by atoms with Crippen LogP contribution in [-0.2, 0) is 0 Å². The van der Waals surface area contributed by atoms with Crippen LogP contribution in [0.5, 0.6) is 5.88 Å². The van der Waals surface area contributed by atoms with Gasteiger partial charge in [-0.1, -0.05) is 53.0 Å². The summed E-state index contributed by atoms with van der Waals surface area (Å²) in [6.07, 6.45) is 13.7. The van der Waals surface area contributed by atoms with Gasteiger partial charge in [0.05, 0.1) is 27.3 Å². The Bertz CT molecular complexity index is 1290. The summed E-state index contributed by atoms with van der Waals surface area (Å²) < 4.78 is 6.45. The number of carbonyl (C=O) groups excluding carboxylic acids is 1. The van der Waals surface area contributed by atoms with Crippen LogP contribution in [-0.4, -0.2) is 52.6 Å². The molecule has 0 radical (unpaired) electrons. The summed E-state index contributed by atoms with van der Waals surface area (Å²) >= 11 is 18.3. The van der Waals surface area contributed by atoms with Crippen LogP contribution in [0.2, 0.25) is 15.2 Å². The van der Waals surface area contributed by atoms with Gasteiger partial charge in [0.2, 0.25) is 5.88 Å². The van der Waals surface area contributed by atoms with Crippen molar-refractivity contribution in [2.45, 2.75) is 44.8 Å². The molecule has 10 heteroatoms. The highest BCUT2D eigenvalue weighted by Gasteiger charge is 2.32. The zero-order valence-electron chi connectivity index (χ0n) is 21.6. The van der Waals surface area contributed by atoms with E-state index in [9.17, 15) is 10.1 Å². The summed E-state index contributed by atoms with van der Waals surface area (Å²) in [6.45, 7) is 4.50. The third-order valence-electron chi connectivity index (χ3n) is 7.11. The van der Waals surface area contributed by atoms with Crippen LogP contribution in [0.4, 0.5) is 0 Å². The Balaban J connectivity index is 1.36. The molecule has 2 aromatic heterocycles. The molecule has 2 aliphatic rings. The molecule has 3 heterocycles. The summed E-state index contributed by atoms with van der Waals surface area (Å²) in [4.78, 5) is 23.2. The van der Waals surface area contributed by atoms with E-state index < -0.39 is 0 Å². The Hall–Kier alpha value is -2.89. The Morgan fingerprint density at radius 3 is 2.64 bits per heavy atom. The lowest BCUT2D eigenvalue weighted by molar-refractivity contribution is 0.0741. The second-order valence-electron chi connectivity index (χ2n) is 9.66. The maximum Gasteiger partial charge on any atom is 0.254 e. The minimum absolute atomic E-state index is 0.179. The Morgan fingerprint density at radius 1 is 1.21 bits per heavy atom. The van der Waals surface area contributed by atoms with Gasteiger partial charge in [0.25, 0.3) is 5.91 Å². The van der Waals surface area contributed by atoms with Gasteiger partial charge >= 0.3 is 0 Å². The molecule has 39 heavy (non-hydrogen) atoms. The van der Waals surface area contributed by atoms with Gasteiger partial charge in [0.1, 0.15) is 11.3 Å². The largest absolute Gasteiger partial charge is 0.469 e. The van der Waals surface area contributed by atoms with Gasteiger partial charge in [-0.05, 0) is 69.5 Å². The van der Waals surface area contributed by atoms with Crippen LogP contribution in [0.3, 0.4) is 0 Å². The van der Waals surface area contributed by atoms with Crippen LogP contribution >= 0.6 is 34.8 Å². The molecule has 2 unspecified atom stereocenters. The molecule has 1 N–H and O–H groups in total. The van der Waals surface area contributed by atoms with Crippen molar-refractivity contribution in [2.75, 3.05) is 19.6 Å². The van der Waals surface area contributed by atoms with E-state index in [1.807, 2.05) is 36.4 Å². The molecule has 1 aliphatic carbocycles. The average molecular weight is 587 g/mol. The van der Waals surface area contributed by atoms with Gasteiger partial charge in [-0.3, -0.25) is 9.78 Å². The minimum atomic E-state index is -0.299. The van der Waals surface area contributed by atoms with Crippen molar-refractivity contribution in [1.82, 2.24) is 20.2 Å². The Morgan fingerprint density at radius 2 is 1.95 bits per heavy atom. The van der Waals surface area contributed by atoms with Crippen LogP contribution in [0.15, 0.2) is 66.0 Å². The maximum atomic E-state index is 12.6. The zero-order valence-corrected chi connectivity index (χ0v) is 23.9. The number of nitriles is 1. The lowest BCUT2D eigenvalue weighted by Gasteiger charge is -2.39. The molecular formula is C29H30Cl3N5O2. The van der Waals surface area contributed by atoms with E-state index in [0.29, 0.717) is 29.6 Å². The molecule has 2 aromatic rings. The zero-order chi connectivity index (χ0) is 27.8. The first-order valence-corrected chi connectivity index (χ1v) is 14.1. The van der Waals surface area contributed by atoms with Crippen molar-refractivity contribution in [3.8, 4) is 11.9 Å². The number of piperidine rings is 1. The van der Waals surface area contributed by atoms with E-state index >= 15 is 0 Å². The second kappa shape index (κ2) is 14.0. The molecule has 0 spiro atoms. The highest BCUT2D eigenvalue weighted by molar-refractivity contribution is 6.39. The van der Waals surface area contributed by atoms with Crippen molar-refractivity contribution in [1.29, 1.82) is 5.26 Å². The molecule has 2 atom stereocenters. The van der Waals surface area contributed by atoms with Gasteiger partial charge < -0.3 is 15.0 Å². The first-order valence-electron chi connectivity index (χ1n) is 12.9. The van der Waals surface area contributed by atoms with Gasteiger partial charge in [0, 0.05) is 37.0 Å². The quantitative estimate of drug-likeness (QED) is 0.340. The molecule has 4 rings (SSSR count). The fourth-order valence-electron chi connectivity index (χ4n) is 4.94. The monoisotopic (exact) mass is 585 g/mol. The van der Waals surface area contributed by atoms with Gasteiger partial charge in [-0.2, -0.15) is 5.26 Å². The van der Waals surface area contributed by atoms with Crippen LogP contribution in [0.1, 0.15) is 43.0 Å². The average Bonchev–Trinajstić information content (AvgIpc) is 3.17. The number of pyridine rings is 2. The topological polar surface area (TPSA) is 91.1 Å². The molecule has 1 fully saturated rings. The summed E-state index contributed by atoms with van der Waals surface area (Å²) in [5.74, 6) is 0.473. The van der Waals surface area contributed by atoms with E-state index in [4.69, 9.17) is 39.5 Å². The molecule has 1 aliphatic heterocycles. The number of rotatable bonds is 9. The van der Waals surface area contributed by atoms with E-state index in [2.05, 4.69) is 33.2 Å². The minimum Gasteiger partial charge on any atom is -0.469 e. The van der Waals surface area contributed by atoms with Crippen molar-refractivity contribution < 1.29 is 9.53 Å². The second-order valence-corrected chi connectivity index (χ2v) is 10.9. The third-order valence-corrected chi connectivity index (χ3v) is 7.90. The molecule has 0 bridgehead atoms. The predicted molar refractivity (Wildman–Crippen MR) is 154 cm³/mol. The summed E-state index contributed by atoms with van der Waals surface area (Å²) in [6, 6.07) is 7.86. The van der Waals surface area contributed by atoms with E-state index in [-0.39, 0.29) is 39.6 Å². The van der Waals surface area contributed by atoms with Crippen molar-refractivity contribution >= 4 is 40.7 Å². The lowest BCUT2D eigenvalue weighted by Crippen LogP contribution is -2.45.